The number of pyridine rings is 1. The Kier molecular flexibility index (Phi) is 2.02. The quantitative estimate of drug-likeness (QED) is 0.778. The summed E-state index contributed by atoms with van der Waals surface area (Å²) in [7, 11) is 0. The van der Waals surface area contributed by atoms with Gasteiger partial charge >= 0.3 is 5.97 Å². The Morgan fingerprint density at radius 2 is 2.21 bits per heavy atom. The summed E-state index contributed by atoms with van der Waals surface area (Å²) in [5.41, 5.74) is 0.260. The molecule has 0 aromatic carbocycles. The van der Waals surface area contributed by atoms with Gasteiger partial charge in [-0.15, -0.1) is 0 Å². The molecule has 0 aliphatic carbocycles. The third kappa shape index (κ3) is 1.50. The number of aromatic carboxylic acids is 1. The lowest BCUT2D eigenvalue weighted by atomic mass is 10.4. The zero-order valence-electron chi connectivity index (χ0n) is 7.29. The molecule has 0 unspecified atom stereocenters. The number of carboxylic acid groups (broad SMARTS) is 1. The average molecular weight is 188 g/mol. The summed E-state index contributed by atoms with van der Waals surface area (Å²) in [4.78, 5) is 14.7. The van der Waals surface area contributed by atoms with Crippen LogP contribution in [0, 0.1) is 0 Å². The fourth-order valence-corrected chi connectivity index (χ4v) is 1.17. The first-order chi connectivity index (χ1) is 6.77. The fourth-order valence-electron chi connectivity index (χ4n) is 1.17. The molecular formula is C10H8N2O2. The van der Waals surface area contributed by atoms with Crippen LogP contribution in [-0.2, 0) is 0 Å². The molecule has 2 aromatic heterocycles. The van der Waals surface area contributed by atoms with Crippen LogP contribution >= 0.6 is 0 Å². The molecule has 0 radical (unpaired) electrons. The van der Waals surface area contributed by atoms with E-state index in [0.717, 1.165) is 0 Å². The minimum absolute atomic E-state index is 0.260. The minimum atomic E-state index is -0.931. The van der Waals surface area contributed by atoms with Crippen LogP contribution in [0.2, 0.25) is 0 Å². The maximum atomic E-state index is 10.6. The van der Waals surface area contributed by atoms with Crippen LogP contribution in [0.5, 0.6) is 0 Å². The lowest BCUT2D eigenvalue weighted by Gasteiger charge is -1.98. The summed E-state index contributed by atoms with van der Waals surface area (Å²) in [6.07, 6.45) is 4.87. The van der Waals surface area contributed by atoms with E-state index in [1.54, 1.807) is 17.0 Å². The van der Waals surface area contributed by atoms with E-state index < -0.39 is 5.97 Å². The van der Waals surface area contributed by atoms with E-state index in [1.807, 2.05) is 18.2 Å². The van der Waals surface area contributed by atoms with Gasteiger partial charge in [0.05, 0.1) is 5.56 Å². The second kappa shape index (κ2) is 3.33. The van der Waals surface area contributed by atoms with Crippen molar-refractivity contribution in [1.82, 2.24) is 9.55 Å². The number of aromatic nitrogens is 2. The van der Waals surface area contributed by atoms with Crippen molar-refractivity contribution in [3.05, 3.63) is 48.4 Å². The summed E-state index contributed by atoms with van der Waals surface area (Å²) in [6.45, 7) is 0. The standard InChI is InChI=1S/C10H8N2O2/c13-10(14)8-4-6-12(7-8)9-3-1-2-5-11-9/h1-7H,(H,13,14). The van der Waals surface area contributed by atoms with Gasteiger partial charge in [-0.1, -0.05) is 6.07 Å². The molecule has 4 heteroatoms. The van der Waals surface area contributed by atoms with Crippen molar-refractivity contribution in [3.63, 3.8) is 0 Å². The molecule has 2 heterocycles. The van der Waals surface area contributed by atoms with Gasteiger partial charge in [-0.25, -0.2) is 9.78 Å². The molecule has 0 aliphatic heterocycles. The Morgan fingerprint density at radius 1 is 1.36 bits per heavy atom. The third-order valence-corrected chi connectivity index (χ3v) is 1.85. The first-order valence-corrected chi connectivity index (χ1v) is 4.10. The molecular weight excluding hydrogens is 180 g/mol. The highest BCUT2D eigenvalue weighted by atomic mass is 16.4. The monoisotopic (exact) mass is 188 g/mol. The van der Waals surface area contributed by atoms with Crippen molar-refractivity contribution in [1.29, 1.82) is 0 Å². The van der Waals surface area contributed by atoms with Gasteiger partial charge in [-0.2, -0.15) is 0 Å². The van der Waals surface area contributed by atoms with Gasteiger partial charge in [0, 0.05) is 18.6 Å². The molecule has 0 saturated carbocycles. The molecule has 14 heavy (non-hydrogen) atoms. The molecule has 0 fully saturated rings. The van der Waals surface area contributed by atoms with Crippen LogP contribution in [0.15, 0.2) is 42.9 Å². The van der Waals surface area contributed by atoms with Crippen LogP contribution in [0.25, 0.3) is 5.82 Å². The molecule has 0 spiro atoms. The summed E-state index contributed by atoms with van der Waals surface area (Å²) in [5.74, 6) is -0.223. The number of nitrogens with zero attached hydrogens (tertiary/aromatic N) is 2. The zero-order chi connectivity index (χ0) is 9.97. The van der Waals surface area contributed by atoms with E-state index in [-0.39, 0.29) is 5.56 Å². The Hall–Kier alpha value is -2.10. The second-order valence-electron chi connectivity index (χ2n) is 2.80. The Bertz CT molecular complexity index is 448. The van der Waals surface area contributed by atoms with Crippen molar-refractivity contribution in [2.75, 3.05) is 0 Å². The van der Waals surface area contributed by atoms with Crippen molar-refractivity contribution < 1.29 is 9.90 Å². The second-order valence-corrected chi connectivity index (χ2v) is 2.80. The predicted octanol–water partition coefficient (Wildman–Crippen LogP) is 1.57. The molecule has 0 atom stereocenters. The Morgan fingerprint density at radius 3 is 2.79 bits per heavy atom. The Labute approximate surface area is 80.4 Å². The van der Waals surface area contributed by atoms with Crippen molar-refractivity contribution in [2.45, 2.75) is 0 Å². The smallest absolute Gasteiger partial charge is 0.337 e. The number of rotatable bonds is 2. The van der Waals surface area contributed by atoms with Gasteiger partial charge in [0.1, 0.15) is 5.82 Å². The summed E-state index contributed by atoms with van der Waals surface area (Å²) >= 11 is 0. The highest BCUT2D eigenvalue weighted by Crippen LogP contribution is 2.07. The highest BCUT2D eigenvalue weighted by molar-refractivity contribution is 5.87. The van der Waals surface area contributed by atoms with E-state index in [4.69, 9.17) is 5.11 Å². The van der Waals surface area contributed by atoms with E-state index in [9.17, 15) is 4.79 Å². The van der Waals surface area contributed by atoms with Crippen molar-refractivity contribution in [2.24, 2.45) is 0 Å². The first kappa shape index (κ1) is 8.50. The van der Waals surface area contributed by atoms with E-state index in [2.05, 4.69) is 4.98 Å². The molecule has 0 bridgehead atoms. The Balaban J connectivity index is 2.39. The summed E-state index contributed by atoms with van der Waals surface area (Å²) in [6, 6.07) is 7.01. The molecule has 2 rings (SSSR count). The number of carbonyl (C=O) groups is 1. The number of carboxylic acids is 1. The van der Waals surface area contributed by atoms with Gasteiger partial charge in [0.2, 0.25) is 0 Å². The van der Waals surface area contributed by atoms with Gasteiger partial charge in [-0.3, -0.25) is 0 Å². The number of hydrogen-bond donors (Lipinski definition) is 1. The minimum Gasteiger partial charge on any atom is -0.478 e. The van der Waals surface area contributed by atoms with Crippen LogP contribution < -0.4 is 0 Å². The van der Waals surface area contributed by atoms with E-state index in [0.29, 0.717) is 5.82 Å². The zero-order valence-corrected chi connectivity index (χ0v) is 7.29. The number of hydrogen-bond acceptors (Lipinski definition) is 2. The van der Waals surface area contributed by atoms with Gasteiger partial charge < -0.3 is 9.67 Å². The largest absolute Gasteiger partial charge is 0.478 e. The topological polar surface area (TPSA) is 55.1 Å². The van der Waals surface area contributed by atoms with Gasteiger partial charge in [0.25, 0.3) is 0 Å². The SMILES string of the molecule is O=C(O)c1ccn(-c2ccccn2)c1. The summed E-state index contributed by atoms with van der Waals surface area (Å²) < 4.78 is 1.67. The van der Waals surface area contributed by atoms with Crippen molar-refractivity contribution >= 4 is 5.97 Å². The molecule has 2 aromatic rings. The lowest BCUT2D eigenvalue weighted by molar-refractivity contribution is 0.0697. The molecule has 1 N–H and O–H groups in total. The molecule has 4 nitrogen and oxygen atoms in total. The molecule has 70 valence electrons. The van der Waals surface area contributed by atoms with Crippen molar-refractivity contribution in [3.8, 4) is 5.82 Å². The third-order valence-electron chi connectivity index (χ3n) is 1.85. The maximum Gasteiger partial charge on any atom is 0.337 e. The predicted molar refractivity (Wildman–Crippen MR) is 50.5 cm³/mol. The highest BCUT2D eigenvalue weighted by Gasteiger charge is 2.05. The molecule has 0 aliphatic rings. The fraction of sp³-hybridized carbons (Fsp3) is 0. The normalized spacial score (nSPS) is 10.0. The van der Waals surface area contributed by atoms with E-state index >= 15 is 0 Å². The van der Waals surface area contributed by atoms with Gasteiger partial charge in [-0.05, 0) is 18.2 Å². The lowest BCUT2D eigenvalue weighted by Crippen LogP contribution is -1.95. The summed E-state index contributed by atoms with van der Waals surface area (Å²) in [5, 5.41) is 8.71. The van der Waals surface area contributed by atoms with Crippen LogP contribution in [0.1, 0.15) is 10.4 Å². The van der Waals surface area contributed by atoms with E-state index in [1.165, 1.54) is 12.3 Å². The first-order valence-electron chi connectivity index (χ1n) is 4.10. The van der Waals surface area contributed by atoms with Crippen LogP contribution in [-0.4, -0.2) is 20.6 Å². The molecule has 0 saturated heterocycles. The average Bonchev–Trinajstić information content (AvgIpc) is 2.68. The van der Waals surface area contributed by atoms with Gasteiger partial charge in [0.15, 0.2) is 0 Å². The maximum absolute atomic E-state index is 10.6. The molecule has 0 amide bonds. The van der Waals surface area contributed by atoms with Crippen LogP contribution in [0.3, 0.4) is 0 Å². The van der Waals surface area contributed by atoms with Crippen LogP contribution in [0.4, 0.5) is 0 Å².